The highest BCUT2D eigenvalue weighted by atomic mass is 19.1. The molecular formula is C10H12FNO2. The zero-order valence-corrected chi connectivity index (χ0v) is 8.37. The van der Waals surface area contributed by atoms with Gasteiger partial charge in [-0.15, -0.1) is 0 Å². The van der Waals surface area contributed by atoms with Crippen LogP contribution < -0.4 is 0 Å². The van der Waals surface area contributed by atoms with Gasteiger partial charge in [-0.2, -0.15) is 0 Å². The summed E-state index contributed by atoms with van der Waals surface area (Å²) in [6.45, 7) is 2.82. The SMILES string of the molecule is COC(=O)c1ccc(C(C)(C)F)nc1. The Morgan fingerprint density at radius 2 is 2.14 bits per heavy atom. The Bertz CT molecular complexity index is 327. The summed E-state index contributed by atoms with van der Waals surface area (Å²) < 4.78 is 17.8. The number of carbonyl (C=O) groups excluding carboxylic acids is 1. The second-order valence-corrected chi connectivity index (χ2v) is 3.40. The first-order valence-electron chi connectivity index (χ1n) is 4.19. The molecule has 0 atom stereocenters. The van der Waals surface area contributed by atoms with Gasteiger partial charge in [0.15, 0.2) is 0 Å². The Morgan fingerprint density at radius 3 is 2.50 bits per heavy atom. The first-order chi connectivity index (χ1) is 6.45. The van der Waals surface area contributed by atoms with Crippen molar-refractivity contribution in [2.24, 2.45) is 0 Å². The van der Waals surface area contributed by atoms with E-state index >= 15 is 0 Å². The van der Waals surface area contributed by atoms with E-state index in [1.54, 1.807) is 0 Å². The summed E-state index contributed by atoms with van der Waals surface area (Å²) >= 11 is 0. The van der Waals surface area contributed by atoms with Crippen molar-refractivity contribution in [2.75, 3.05) is 7.11 Å². The molecule has 1 aromatic rings. The normalized spacial score (nSPS) is 11.1. The summed E-state index contributed by atoms with van der Waals surface area (Å²) in [5.41, 5.74) is -0.875. The van der Waals surface area contributed by atoms with Crippen LogP contribution in [0.4, 0.5) is 4.39 Å². The van der Waals surface area contributed by atoms with E-state index in [0.717, 1.165) is 0 Å². The van der Waals surface area contributed by atoms with Crippen molar-refractivity contribution in [3.63, 3.8) is 0 Å². The molecule has 0 N–H and O–H groups in total. The van der Waals surface area contributed by atoms with Crippen LogP contribution in [0.1, 0.15) is 29.9 Å². The van der Waals surface area contributed by atoms with Crippen LogP contribution in [0.5, 0.6) is 0 Å². The van der Waals surface area contributed by atoms with Crippen molar-refractivity contribution >= 4 is 5.97 Å². The van der Waals surface area contributed by atoms with Crippen molar-refractivity contribution < 1.29 is 13.9 Å². The second kappa shape index (κ2) is 3.74. The van der Waals surface area contributed by atoms with E-state index in [1.165, 1.54) is 39.3 Å². The number of hydrogen-bond donors (Lipinski definition) is 0. The molecule has 0 bridgehead atoms. The lowest BCUT2D eigenvalue weighted by Gasteiger charge is -2.12. The van der Waals surface area contributed by atoms with E-state index in [9.17, 15) is 9.18 Å². The van der Waals surface area contributed by atoms with E-state index in [1.807, 2.05) is 0 Å². The molecule has 0 aliphatic carbocycles. The molecule has 0 fully saturated rings. The first-order valence-corrected chi connectivity index (χ1v) is 4.19. The van der Waals surface area contributed by atoms with Crippen LogP contribution in [0.25, 0.3) is 0 Å². The molecular weight excluding hydrogens is 185 g/mol. The number of methoxy groups -OCH3 is 1. The van der Waals surface area contributed by atoms with Gasteiger partial charge >= 0.3 is 5.97 Å². The zero-order chi connectivity index (χ0) is 10.8. The third-order valence-corrected chi connectivity index (χ3v) is 1.79. The monoisotopic (exact) mass is 197 g/mol. The molecule has 3 nitrogen and oxygen atoms in total. The molecule has 4 heteroatoms. The molecule has 0 radical (unpaired) electrons. The second-order valence-electron chi connectivity index (χ2n) is 3.40. The Hall–Kier alpha value is -1.45. The number of carbonyl (C=O) groups is 1. The molecule has 1 rings (SSSR count). The van der Waals surface area contributed by atoms with E-state index < -0.39 is 11.6 Å². The highest BCUT2D eigenvalue weighted by Crippen LogP contribution is 2.22. The number of aromatic nitrogens is 1. The van der Waals surface area contributed by atoms with Crippen LogP contribution in [-0.4, -0.2) is 18.1 Å². The van der Waals surface area contributed by atoms with Gasteiger partial charge in [-0.3, -0.25) is 4.98 Å². The average Bonchev–Trinajstić information content (AvgIpc) is 2.15. The van der Waals surface area contributed by atoms with Crippen LogP contribution >= 0.6 is 0 Å². The van der Waals surface area contributed by atoms with Gasteiger partial charge in [0.25, 0.3) is 0 Å². The van der Waals surface area contributed by atoms with E-state index in [4.69, 9.17) is 0 Å². The number of pyridine rings is 1. The van der Waals surface area contributed by atoms with Gasteiger partial charge in [0.2, 0.25) is 0 Å². The summed E-state index contributed by atoms with van der Waals surface area (Å²) in [6, 6.07) is 2.97. The fourth-order valence-electron chi connectivity index (χ4n) is 0.984. The summed E-state index contributed by atoms with van der Waals surface area (Å²) in [6.07, 6.45) is 1.31. The van der Waals surface area contributed by atoms with Crippen molar-refractivity contribution in [1.29, 1.82) is 0 Å². The molecule has 0 spiro atoms. The predicted octanol–water partition coefficient (Wildman–Crippen LogP) is 2.07. The van der Waals surface area contributed by atoms with Crippen molar-refractivity contribution in [2.45, 2.75) is 19.5 Å². The van der Waals surface area contributed by atoms with Crippen molar-refractivity contribution in [3.8, 4) is 0 Å². The Balaban J connectivity index is 2.95. The molecule has 76 valence electrons. The maximum absolute atomic E-state index is 13.4. The van der Waals surface area contributed by atoms with E-state index in [2.05, 4.69) is 9.72 Å². The maximum atomic E-state index is 13.4. The van der Waals surface area contributed by atoms with Gasteiger partial charge in [0, 0.05) is 6.20 Å². The number of halogens is 1. The average molecular weight is 197 g/mol. The minimum absolute atomic E-state index is 0.296. The first kappa shape index (κ1) is 10.6. The lowest BCUT2D eigenvalue weighted by Crippen LogP contribution is -2.12. The third-order valence-electron chi connectivity index (χ3n) is 1.79. The summed E-state index contributed by atoms with van der Waals surface area (Å²) in [7, 11) is 1.29. The highest BCUT2D eigenvalue weighted by Gasteiger charge is 2.20. The van der Waals surface area contributed by atoms with Crippen LogP contribution in [-0.2, 0) is 10.4 Å². The number of hydrogen-bond acceptors (Lipinski definition) is 3. The highest BCUT2D eigenvalue weighted by molar-refractivity contribution is 5.88. The molecule has 0 saturated carbocycles. The minimum atomic E-state index is -1.49. The molecule has 1 heterocycles. The number of ether oxygens (including phenoxy) is 1. The van der Waals surface area contributed by atoms with E-state index in [-0.39, 0.29) is 0 Å². The van der Waals surface area contributed by atoms with Crippen LogP contribution in [0.3, 0.4) is 0 Å². The smallest absolute Gasteiger partial charge is 0.339 e. The van der Waals surface area contributed by atoms with Crippen LogP contribution in [0.15, 0.2) is 18.3 Å². The van der Waals surface area contributed by atoms with Gasteiger partial charge in [0.1, 0.15) is 5.67 Å². The standard InChI is InChI=1S/C10H12FNO2/c1-10(2,11)8-5-4-7(6-12-8)9(13)14-3/h4-6H,1-3H3. The minimum Gasteiger partial charge on any atom is -0.465 e. The quantitative estimate of drug-likeness (QED) is 0.681. The maximum Gasteiger partial charge on any atom is 0.339 e. The lowest BCUT2D eigenvalue weighted by atomic mass is 10.1. The van der Waals surface area contributed by atoms with Gasteiger partial charge < -0.3 is 4.74 Å². The van der Waals surface area contributed by atoms with Crippen LogP contribution in [0.2, 0.25) is 0 Å². The molecule has 0 aliphatic heterocycles. The summed E-state index contributed by atoms with van der Waals surface area (Å²) in [4.78, 5) is 14.9. The molecule has 0 aromatic carbocycles. The molecule has 14 heavy (non-hydrogen) atoms. The number of esters is 1. The topological polar surface area (TPSA) is 39.2 Å². The predicted molar refractivity (Wildman–Crippen MR) is 49.7 cm³/mol. The van der Waals surface area contributed by atoms with Gasteiger partial charge in [-0.1, -0.05) is 0 Å². The molecule has 0 aliphatic rings. The van der Waals surface area contributed by atoms with E-state index in [0.29, 0.717) is 11.3 Å². The summed E-state index contributed by atoms with van der Waals surface area (Å²) in [5.74, 6) is -0.472. The molecule has 0 amide bonds. The third kappa shape index (κ3) is 2.28. The number of alkyl halides is 1. The largest absolute Gasteiger partial charge is 0.465 e. The van der Waals surface area contributed by atoms with Gasteiger partial charge in [-0.05, 0) is 26.0 Å². The Morgan fingerprint density at radius 1 is 1.50 bits per heavy atom. The zero-order valence-electron chi connectivity index (χ0n) is 8.37. The fraction of sp³-hybridized carbons (Fsp3) is 0.400. The molecule has 0 saturated heterocycles. The number of rotatable bonds is 2. The lowest BCUT2D eigenvalue weighted by molar-refractivity contribution is 0.0600. The summed E-state index contributed by atoms with van der Waals surface area (Å²) in [5, 5.41) is 0. The molecule has 1 aromatic heterocycles. The van der Waals surface area contributed by atoms with Gasteiger partial charge in [0.05, 0.1) is 18.4 Å². The fourth-order valence-corrected chi connectivity index (χ4v) is 0.984. The number of nitrogens with zero attached hydrogens (tertiary/aromatic N) is 1. The Kier molecular flexibility index (Phi) is 2.84. The van der Waals surface area contributed by atoms with Crippen molar-refractivity contribution in [1.82, 2.24) is 4.98 Å². The Labute approximate surface area is 81.9 Å². The van der Waals surface area contributed by atoms with Crippen LogP contribution in [0, 0.1) is 0 Å². The van der Waals surface area contributed by atoms with Crippen molar-refractivity contribution in [3.05, 3.63) is 29.6 Å². The van der Waals surface area contributed by atoms with Gasteiger partial charge in [-0.25, -0.2) is 9.18 Å². The molecule has 0 unspecified atom stereocenters.